The number of halogens is 1. The van der Waals surface area contributed by atoms with Crippen molar-refractivity contribution in [2.45, 2.75) is 25.8 Å². The largest absolute Gasteiger partial charge is 0.337 e. The van der Waals surface area contributed by atoms with Crippen LogP contribution in [-0.2, 0) is 11.3 Å². The van der Waals surface area contributed by atoms with Crippen molar-refractivity contribution in [3.8, 4) is 11.5 Å². The second-order valence-corrected chi connectivity index (χ2v) is 6.59. The summed E-state index contributed by atoms with van der Waals surface area (Å²) in [6.45, 7) is 2.72. The van der Waals surface area contributed by atoms with Gasteiger partial charge in [-0.25, -0.2) is 4.39 Å². The lowest BCUT2D eigenvalue weighted by atomic mass is 10.1. The molecule has 1 atom stereocenters. The molecule has 1 aliphatic rings. The van der Waals surface area contributed by atoms with Crippen LogP contribution in [0.5, 0.6) is 0 Å². The summed E-state index contributed by atoms with van der Waals surface area (Å²) < 4.78 is 19.2. The van der Waals surface area contributed by atoms with E-state index in [1.165, 1.54) is 6.07 Å². The molecule has 0 radical (unpaired) electrons. The summed E-state index contributed by atoms with van der Waals surface area (Å²) in [6.07, 6.45) is 0.307. The normalized spacial score (nSPS) is 17.1. The third kappa shape index (κ3) is 3.22. The van der Waals surface area contributed by atoms with E-state index in [9.17, 15) is 9.18 Å². The van der Waals surface area contributed by atoms with E-state index in [-0.39, 0.29) is 24.2 Å². The highest BCUT2D eigenvalue weighted by atomic mass is 19.1. The van der Waals surface area contributed by atoms with Gasteiger partial charge in [-0.2, -0.15) is 4.98 Å². The molecule has 1 aromatic heterocycles. The van der Waals surface area contributed by atoms with Gasteiger partial charge in [0.2, 0.25) is 5.91 Å². The summed E-state index contributed by atoms with van der Waals surface area (Å²) in [5.74, 6) is 0.493. The Bertz CT molecular complexity index is 936. The summed E-state index contributed by atoms with van der Waals surface area (Å²) in [4.78, 5) is 18.4. The molecule has 1 unspecified atom stereocenters. The van der Waals surface area contributed by atoms with Crippen molar-refractivity contribution in [1.29, 1.82) is 0 Å². The predicted molar refractivity (Wildman–Crippen MR) is 93.6 cm³/mol. The maximum absolute atomic E-state index is 13.8. The molecule has 6 heteroatoms. The maximum Gasteiger partial charge on any atom is 0.257 e. The Morgan fingerprint density at radius 1 is 1.19 bits per heavy atom. The van der Waals surface area contributed by atoms with Gasteiger partial charge in [-0.1, -0.05) is 41.1 Å². The fraction of sp³-hybridized carbons (Fsp3) is 0.250. The molecule has 26 heavy (non-hydrogen) atoms. The van der Waals surface area contributed by atoms with Crippen molar-refractivity contribution in [3.63, 3.8) is 0 Å². The van der Waals surface area contributed by atoms with Crippen LogP contribution in [0, 0.1) is 12.7 Å². The SMILES string of the molecule is Cc1ccc(-c2nc(C3CC(=O)N(Cc4ccccc4F)C3)no2)cc1. The highest BCUT2D eigenvalue weighted by molar-refractivity contribution is 5.79. The number of hydrogen-bond donors (Lipinski definition) is 0. The van der Waals surface area contributed by atoms with Crippen LogP contribution in [0.1, 0.15) is 29.3 Å². The molecular formula is C20H18FN3O2. The Morgan fingerprint density at radius 3 is 2.73 bits per heavy atom. The molecule has 0 aliphatic carbocycles. The van der Waals surface area contributed by atoms with E-state index in [4.69, 9.17) is 4.52 Å². The van der Waals surface area contributed by atoms with Crippen molar-refractivity contribution >= 4 is 5.91 Å². The fourth-order valence-corrected chi connectivity index (χ4v) is 3.14. The number of rotatable bonds is 4. The van der Waals surface area contributed by atoms with E-state index in [2.05, 4.69) is 10.1 Å². The van der Waals surface area contributed by atoms with E-state index in [1.807, 2.05) is 31.2 Å². The first kappa shape index (κ1) is 16.4. The molecule has 2 aromatic carbocycles. The van der Waals surface area contributed by atoms with Crippen LogP contribution in [0.4, 0.5) is 4.39 Å². The minimum Gasteiger partial charge on any atom is -0.337 e. The molecule has 1 fully saturated rings. The van der Waals surface area contributed by atoms with Crippen LogP contribution in [0.25, 0.3) is 11.5 Å². The van der Waals surface area contributed by atoms with Gasteiger partial charge < -0.3 is 9.42 Å². The zero-order chi connectivity index (χ0) is 18.1. The number of benzene rings is 2. The summed E-state index contributed by atoms with van der Waals surface area (Å²) in [7, 11) is 0. The van der Waals surface area contributed by atoms with E-state index >= 15 is 0 Å². The number of carbonyl (C=O) groups is 1. The number of amides is 1. The van der Waals surface area contributed by atoms with Crippen molar-refractivity contribution < 1.29 is 13.7 Å². The average Bonchev–Trinajstić information content (AvgIpc) is 3.25. The first-order valence-electron chi connectivity index (χ1n) is 8.52. The molecule has 1 amide bonds. The first-order chi connectivity index (χ1) is 12.6. The van der Waals surface area contributed by atoms with Gasteiger partial charge in [0.15, 0.2) is 5.82 Å². The quantitative estimate of drug-likeness (QED) is 0.719. The molecule has 1 aliphatic heterocycles. The standard InChI is InChI=1S/C20H18FN3O2/c1-13-6-8-14(9-7-13)20-22-19(23-26-20)16-10-18(25)24(12-16)11-15-4-2-3-5-17(15)21/h2-9,16H,10-12H2,1H3. The van der Waals surface area contributed by atoms with Crippen molar-refractivity contribution in [2.24, 2.45) is 0 Å². The van der Waals surface area contributed by atoms with Crippen LogP contribution in [0.15, 0.2) is 53.1 Å². The van der Waals surface area contributed by atoms with Crippen LogP contribution in [0.3, 0.4) is 0 Å². The lowest BCUT2D eigenvalue weighted by Crippen LogP contribution is -2.25. The third-order valence-electron chi connectivity index (χ3n) is 4.64. The first-order valence-corrected chi connectivity index (χ1v) is 8.52. The Hall–Kier alpha value is -3.02. The summed E-state index contributed by atoms with van der Waals surface area (Å²) in [5, 5.41) is 4.05. The summed E-state index contributed by atoms with van der Waals surface area (Å²) in [5.41, 5.74) is 2.51. The molecular weight excluding hydrogens is 333 g/mol. The van der Waals surface area contributed by atoms with E-state index in [1.54, 1.807) is 23.1 Å². The molecule has 4 rings (SSSR count). The molecule has 1 saturated heterocycles. The highest BCUT2D eigenvalue weighted by Crippen LogP contribution is 2.29. The van der Waals surface area contributed by atoms with Gasteiger partial charge in [0.1, 0.15) is 5.82 Å². The van der Waals surface area contributed by atoms with Crippen LogP contribution in [-0.4, -0.2) is 27.5 Å². The monoisotopic (exact) mass is 351 g/mol. The number of nitrogens with zero attached hydrogens (tertiary/aromatic N) is 3. The lowest BCUT2D eigenvalue weighted by Gasteiger charge is -2.16. The summed E-state index contributed by atoms with van der Waals surface area (Å²) >= 11 is 0. The van der Waals surface area contributed by atoms with Crippen molar-refractivity contribution in [2.75, 3.05) is 6.54 Å². The van der Waals surface area contributed by atoms with Gasteiger partial charge in [0.05, 0.1) is 0 Å². The van der Waals surface area contributed by atoms with Crippen LogP contribution < -0.4 is 0 Å². The van der Waals surface area contributed by atoms with Crippen LogP contribution in [0.2, 0.25) is 0 Å². The zero-order valence-electron chi connectivity index (χ0n) is 14.4. The lowest BCUT2D eigenvalue weighted by molar-refractivity contribution is -0.128. The topological polar surface area (TPSA) is 59.2 Å². The Balaban J connectivity index is 1.49. The number of likely N-dealkylation sites (tertiary alicyclic amines) is 1. The molecule has 132 valence electrons. The second-order valence-electron chi connectivity index (χ2n) is 6.59. The minimum atomic E-state index is -0.301. The second kappa shape index (κ2) is 6.71. The third-order valence-corrected chi connectivity index (χ3v) is 4.64. The smallest absolute Gasteiger partial charge is 0.257 e. The van der Waals surface area contributed by atoms with Crippen molar-refractivity contribution in [3.05, 3.63) is 71.3 Å². The van der Waals surface area contributed by atoms with Gasteiger partial charge >= 0.3 is 0 Å². The molecule has 2 heterocycles. The van der Waals surface area contributed by atoms with Gasteiger partial charge in [0.25, 0.3) is 5.89 Å². The fourth-order valence-electron chi connectivity index (χ4n) is 3.14. The average molecular weight is 351 g/mol. The predicted octanol–water partition coefficient (Wildman–Crippen LogP) is 3.70. The summed E-state index contributed by atoms with van der Waals surface area (Å²) in [6, 6.07) is 14.3. The number of hydrogen-bond acceptors (Lipinski definition) is 4. The Labute approximate surface area is 150 Å². The van der Waals surface area contributed by atoms with E-state index in [0.29, 0.717) is 30.2 Å². The van der Waals surface area contributed by atoms with Gasteiger partial charge in [-0.3, -0.25) is 4.79 Å². The number of aromatic nitrogens is 2. The maximum atomic E-state index is 13.8. The van der Waals surface area contributed by atoms with E-state index < -0.39 is 0 Å². The number of carbonyl (C=O) groups excluding carboxylic acids is 1. The van der Waals surface area contributed by atoms with Gasteiger partial charge in [-0.05, 0) is 25.1 Å². The van der Waals surface area contributed by atoms with Gasteiger partial charge in [-0.15, -0.1) is 0 Å². The highest BCUT2D eigenvalue weighted by Gasteiger charge is 2.34. The molecule has 0 bridgehead atoms. The Kier molecular flexibility index (Phi) is 4.24. The van der Waals surface area contributed by atoms with E-state index in [0.717, 1.165) is 11.1 Å². The molecule has 3 aromatic rings. The molecule has 0 spiro atoms. The van der Waals surface area contributed by atoms with Crippen LogP contribution >= 0.6 is 0 Å². The van der Waals surface area contributed by atoms with Gasteiger partial charge in [0, 0.05) is 36.6 Å². The number of aryl methyl sites for hydroxylation is 1. The van der Waals surface area contributed by atoms with Crippen molar-refractivity contribution in [1.82, 2.24) is 15.0 Å². The zero-order valence-corrected chi connectivity index (χ0v) is 14.4. The molecule has 0 N–H and O–H groups in total. The molecule has 5 nitrogen and oxygen atoms in total. The molecule has 0 saturated carbocycles. The Morgan fingerprint density at radius 2 is 1.96 bits per heavy atom. The minimum absolute atomic E-state index is 0.0278.